The highest BCUT2D eigenvalue weighted by atomic mass is 32.2. The molecule has 160 valence electrons. The van der Waals surface area contributed by atoms with Gasteiger partial charge >= 0.3 is 0 Å². The zero-order valence-electron chi connectivity index (χ0n) is 16.5. The van der Waals surface area contributed by atoms with Crippen LogP contribution in [0.3, 0.4) is 0 Å². The number of carbonyl (C=O) groups is 3. The van der Waals surface area contributed by atoms with E-state index < -0.39 is 23.3 Å². The third-order valence-corrected chi connectivity index (χ3v) is 4.58. The molecular weight excluding hydrogens is 424 g/mol. The maximum absolute atomic E-state index is 12.5. The third kappa shape index (κ3) is 6.02. The molecule has 3 amide bonds. The molecule has 0 saturated heterocycles. The normalized spacial score (nSPS) is 10.4. The van der Waals surface area contributed by atoms with Crippen molar-refractivity contribution in [1.82, 2.24) is 15.1 Å². The lowest BCUT2D eigenvalue weighted by Gasteiger charge is -2.11. The van der Waals surface area contributed by atoms with Crippen molar-refractivity contribution in [3.63, 3.8) is 0 Å². The average molecular weight is 442 g/mol. The summed E-state index contributed by atoms with van der Waals surface area (Å²) in [6, 6.07) is 9.82. The molecule has 0 bridgehead atoms. The Morgan fingerprint density at radius 3 is 2.52 bits per heavy atom. The molecule has 3 rings (SSSR count). The monoisotopic (exact) mass is 442 g/mol. The van der Waals surface area contributed by atoms with Crippen molar-refractivity contribution in [2.75, 3.05) is 21.7 Å². The van der Waals surface area contributed by atoms with Crippen molar-refractivity contribution < 1.29 is 18.9 Å². The first-order valence-electron chi connectivity index (χ1n) is 8.96. The number of hydrogen-bond donors (Lipinski definition) is 4. The fourth-order valence-electron chi connectivity index (χ4n) is 2.41. The molecule has 3 aromatic rings. The van der Waals surface area contributed by atoms with E-state index in [2.05, 4.69) is 31.1 Å². The molecule has 2 aromatic heterocycles. The fourth-order valence-corrected chi connectivity index (χ4v) is 3.07. The first kappa shape index (κ1) is 21.8. The van der Waals surface area contributed by atoms with E-state index in [1.807, 2.05) is 0 Å². The summed E-state index contributed by atoms with van der Waals surface area (Å²) >= 11 is 0.933. The number of aryl methyl sites for hydroxylation is 1. The van der Waals surface area contributed by atoms with Crippen molar-refractivity contribution >= 4 is 46.8 Å². The second-order valence-corrected chi connectivity index (χ2v) is 7.22. The Hall–Kier alpha value is -3.93. The highest BCUT2D eigenvalue weighted by Crippen LogP contribution is 2.20. The van der Waals surface area contributed by atoms with Gasteiger partial charge in [0.2, 0.25) is 11.8 Å². The first-order valence-corrected chi connectivity index (χ1v) is 9.94. The van der Waals surface area contributed by atoms with Crippen molar-refractivity contribution in [3.8, 4) is 0 Å². The molecule has 0 spiro atoms. The number of thioether (sulfide) groups is 1. The maximum Gasteiger partial charge on any atom is 0.277 e. The number of nitrogens with one attached hydrogen (secondary N) is 4. The van der Waals surface area contributed by atoms with Gasteiger partial charge in [-0.2, -0.15) is 0 Å². The zero-order chi connectivity index (χ0) is 22.4. The summed E-state index contributed by atoms with van der Waals surface area (Å²) in [5, 5.41) is 11.2. The summed E-state index contributed by atoms with van der Waals surface area (Å²) in [6.07, 6.45) is 0. The molecule has 0 saturated carbocycles. The summed E-state index contributed by atoms with van der Waals surface area (Å²) < 4.78 is 4.87. The van der Waals surface area contributed by atoms with E-state index in [1.165, 1.54) is 6.92 Å². The van der Waals surface area contributed by atoms with Crippen LogP contribution in [0.1, 0.15) is 23.0 Å². The average Bonchev–Trinajstić information content (AvgIpc) is 3.13. The van der Waals surface area contributed by atoms with E-state index >= 15 is 0 Å². The lowest BCUT2D eigenvalue weighted by molar-refractivity contribution is -0.114. The number of amides is 3. The smallest absolute Gasteiger partial charge is 0.277 e. The molecule has 11 nitrogen and oxygen atoms in total. The Bertz CT molecular complexity index is 1170. The van der Waals surface area contributed by atoms with Crippen LogP contribution in [0.5, 0.6) is 0 Å². The van der Waals surface area contributed by atoms with Crippen molar-refractivity contribution in [2.24, 2.45) is 0 Å². The lowest BCUT2D eigenvalue weighted by Crippen LogP contribution is -2.24. The van der Waals surface area contributed by atoms with Gasteiger partial charge in [-0.15, -0.1) is 0 Å². The third-order valence-electron chi connectivity index (χ3n) is 3.70. The molecular formula is C19H18N6O5S. The van der Waals surface area contributed by atoms with Crippen LogP contribution in [0.4, 0.5) is 17.3 Å². The van der Waals surface area contributed by atoms with E-state index in [0.29, 0.717) is 11.3 Å². The molecule has 1 aromatic carbocycles. The van der Waals surface area contributed by atoms with Crippen LogP contribution in [0.15, 0.2) is 50.9 Å². The van der Waals surface area contributed by atoms with Crippen molar-refractivity contribution in [2.45, 2.75) is 19.0 Å². The molecule has 2 heterocycles. The van der Waals surface area contributed by atoms with Gasteiger partial charge in [-0.1, -0.05) is 35.1 Å². The Balaban J connectivity index is 1.75. The molecule has 0 fully saturated rings. The number of nitrogens with zero attached hydrogens (tertiary/aromatic N) is 2. The number of rotatable bonds is 7. The molecule has 4 N–H and O–H groups in total. The minimum Gasteiger partial charge on any atom is -0.360 e. The minimum absolute atomic E-state index is 0.0814. The van der Waals surface area contributed by atoms with Gasteiger partial charge in [-0.3, -0.25) is 24.2 Å². The van der Waals surface area contributed by atoms with Gasteiger partial charge in [0.15, 0.2) is 22.5 Å². The quantitative estimate of drug-likeness (QED) is 0.319. The second kappa shape index (κ2) is 9.71. The number of H-pyrrole nitrogens is 1. The van der Waals surface area contributed by atoms with Gasteiger partial charge < -0.3 is 20.5 Å². The van der Waals surface area contributed by atoms with Crippen LogP contribution < -0.4 is 21.5 Å². The van der Waals surface area contributed by atoms with E-state index in [1.54, 1.807) is 43.3 Å². The molecule has 0 aliphatic rings. The largest absolute Gasteiger partial charge is 0.360 e. The Morgan fingerprint density at radius 1 is 1.13 bits per heavy atom. The van der Waals surface area contributed by atoms with Gasteiger partial charge in [0, 0.05) is 18.6 Å². The van der Waals surface area contributed by atoms with E-state index in [-0.39, 0.29) is 28.2 Å². The molecule has 12 heteroatoms. The van der Waals surface area contributed by atoms with Gasteiger partial charge in [0.1, 0.15) is 5.76 Å². The number of aromatic nitrogens is 3. The molecule has 0 radical (unpaired) electrons. The number of aromatic amines is 1. The maximum atomic E-state index is 12.5. The van der Waals surface area contributed by atoms with Crippen LogP contribution in [0.2, 0.25) is 0 Å². The molecule has 0 aliphatic heterocycles. The summed E-state index contributed by atoms with van der Waals surface area (Å²) in [7, 11) is 0. The summed E-state index contributed by atoms with van der Waals surface area (Å²) in [6.45, 7) is 2.93. The highest BCUT2D eigenvalue weighted by molar-refractivity contribution is 7.99. The Labute approximate surface area is 180 Å². The molecule has 0 atom stereocenters. The first-order chi connectivity index (χ1) is 14.8. The van der Waals surface area contributed by atoms with Gasteiger partial charge in [0.25, 0.3) is 11.5 Å². The Morgan fingerprint density at radius 2 is 1.87 bits per heavy atom. The predicted molar refractivity (Wildman–Crippen MR) is 114 cm³/mol. The number of anilines is 3. The number of benzene rings is 1. The van der Waals surface area contributed by atoms with Gasteiger partial charge in [-0.25, -0.2) is 4.98 Å². The summed E-state index contributed by atoms with van der Waals surface area (Å²) in [4.78, 5) is 55.2. The number of hydrogen-bond acceptors (Lipinski definition) is 8. The standard InChI is InChI=1S/C19H18N6O5S/c1-10-8-13(25-30-10)21-14(27)9-31-19-23-16(20-11(2)26)15(18(29)24-19)22-17(28)12-6-4-3-5-7-12/h3-8H,9H2,1-2H3,(H,22,28)(H,21,25,27)(H2,20,23,24,26,29). The van der Waals surface area contributed by atoms with Crippen LogP contribution in [-0.4, -0.2) is 38.6 Å². The van der Waals surface area contributed by atoms with Gasteiger partial charge in [-0.05, 0) is 19.1 Å². The highest BCUT2D eigenvalue weighted by Gasteiger charge is 2.17. The molecule has 0 aliphatic carbocycles. The van der Waals surface area contributed by atoms with Crippen LogP contribution in [0, 0.1) is 6.92 Å². The van der Waals surface area contributed by atoms with E-state index in [9.17, 15) is 19.2 Å². The van der Waals surface area contributed by atoms with Crippen molar-refractivity contribution in [1.29, 1.82) is 0 Å². The lowest BCUT2D eigenvalue weighted by atomic mass is 10.2. The molecule has 31 heavy (non-hydrogen) atoms. The SMILES string of the molecule is CC(=O)Nc1nc(SCC(=O)Nc2cc(C)on2)[nH]c(=O)c1NC(=O)c1ccccc1. The van der Waals surface area contributed by atoms with Crippen LogP contribution in [0.25, 0.3) is 0 Å². The molecule has 0 unspecified atom stereocenters. The number of carbonyl (C=O) groups excluding carboxylic acids is 3. The fraction of sp³-hybridized carbons (Fsp3) is 0.158. The van der Waals surface area contributed by atoms with E-state index in [0.717, 1.165) is 11.8 Å². The zero-order valence-corrected chi connectivity index (χ0v) is 17.3. The summed E-state index contributed by atoms with van der Waals surface area (Å²) in [5.41, 5.74) is -0.567. The van der Waals surface area contributed by atoms with Gasteiger partial charge in [0.05, 0.1) is 5.75 Å². The summed E-state index contributed by atoms with van der Waals surface area (Å²) in [5.74, 6) is -0.835. The topological polar surface area (TPSA) is 159 Å². The van der Waals surface area contributed by atoms with Crippen molar-refractivity contribution in [3.05, 3.63) is 58.1 Å². The Kier molecular flexibility index (Phi) is 6.82. The van der Waals surface area contributed by atoms with E-state index in [4.69, 9.17) is 4.52 Å². The van der Waals surface area contributed by atoms with Crippen LogP contribution in [-0.2, 0) is 9.59 Å². The second-order valence-electron chi connectivity index (χ2n) is 6.26. The predicted octanol–water partition coefficient (Wildman–Crippen LogP) is 2.01. The minimum atomic E-state index is -0.682. The van der Waals surface area contributed by atoms with Crippen LogP contribution >= 0.6 is 11.8 Å².